The number of halogens is 2. The highest BCUT2D eigenvalue weighted by atomic mass is 32.2. The quantitative estimate of drug-likeness (QED) is 0.501. The second kappa shape index (κ2) is 9.76. The number of hydrogen-bond donors (Lipinski definition) is 1. The summed E-state index contributed by atoms with van der Waals surface area (Å²) in [5.41, 5.74) is 0.691. The topological polar surface area (TPSA) is 78.3 Å². The summed E-state index contributed by atoms with van der Waals surface area (Å²) in [7, 11) is 1.35. The van der Waals surface area contributed by atoms with Crippen LogP contribution in [0.15, 0.2) is 42.3 Å². The molecule has 140 valence electrons. The van der Waals surface area contributed by atoms with Crippen molar-refractivity contribution in [2.24, 2.45) is 0 Å². The summed E-state index contributed by atoms with van der Waals surface area (Å²) in [4.78, 5) is 12.0. The number of thioether (sulfide) groups is 1. The Morgan fingerprint density at radius 3 is 2.96 bits per heavy atom. The van der Waals surface area contributed by atoms with Crippen LogP contribution in [0.1, 0.15) is 5.56 Å². The lowest BCUT2D eigenvalue weighted by Gasteiger charge is -2.12. The molecule has 0 fully saturated rings. The number of methoxy groups -OCH3 is 1. The summed E-state index contributed by atoms with van der Waals surface area (Å²) in [6.07, 6.45) is 3.28. The van der Waals surface area contributed by atoms with E-state index < -0.39 is 6.61 Å². The highest BCUT2D eigenvalue weighted by Gasteiger charge is 2.12. The van der Waals surface area contributed by atoms with Gasteiger partial charge in [0.1, 0.15) is 6.33 Å². The van der Waals surface area contributed by atoms with E-state index in [-0.39, 0.29) is 29.7 Å². The van der Waals surface area contributed by atoms with Crippen molar-refractivity contribution < 1.29 is 23.0 Å². The number of aromatic nitrogens is 3. The number of rotatable bonds is 10. The largest absolute Gasteiger partial charge is 0.493 e. The van der Waals surface area contributed by atoms with Gasteiger partial charge in [0.05, 0.1) is 12.9 Å². The van der Waals surface area contributed by atoms with E-state index in [2.05, 4.69) is 26.8 Å². The zero-order chi connectivity index (χ0) is 18.9. The maximum atomic E-state index is 12.3. The number of nitrogens with zero attached hydrogens (tertiary/aromatic N) is 3. The number of benzene rings is 1. The Hall–Kier alpha value is -2.62. The Balaban J connectivity index is 1.86. The molecular weight excluding hydrogens is 366 g/mol. The van der Waals surface area contributed by atoms with Crippen molar-refractivity contribution in [3.05, 3.63) is 42.7 Å². The van der Waals surface area contributed by atoms with E-state index in [1.54, 1.807) is 23.0 Å². The second-order valence-corrected chi connectivity index (χ2v) is 5.93. The fraction of sp³-hybridized carbons (Fsp3) is 0.312. The molecule has 0 unspecified atom stereocenters. The van der Waals surface area contributed by atoms with Gasteiger partial charge < -0.3 is 19.4 Å². The van der Waals surface area contributed by atoms with Gasteiger partial charge in [0, 0.05) is 13.1 Å². The minimum absolute atomic E-state index is 0.0605. The van der Waals surface area contributed by atoms with Crippen LogP contribution in [0.4, 0.5) is 8.78 Å². The van der Waals surface area contributed by atoms with Gasteiger partial charge in [-0.05, 0) is 17.7 Å². The Morgan fingerprint density at radius 2 is 2.27 bits per heavy atom. The van der Waals surface area contributed by atoms with E-state index in [1.807, 2.05) is 0 Å². The molecule has 1 aromatic carbocycles. The third-order valence-electron chi connectivity index (χ3n) is 3.17. The van der Waals surface area contributed by atoms with E-state index in [0.29, 0.717) is 17.3 Å². The van der Waals surface area contributed by atoms with Crippen LogP contribution in [0.3, 0.4) is 0 Å². The van der Waals surface area contributed by atoms with Crippen LogP contribution in [0, 0.1) is 0 Å². The molecule has 7 nitrogen and oxygen atoms in total. The molecule has 0 saturated heterocycles. The molecule has 0 radical (unpaired) electrons. The minimum atomic E-state index is -2.94. The molecule has 1 heterocycles. The molecule has 0 atom stereocenters. The van der Waals surface area contributed by atoms with E-state index in [4.69, 9.17) is 4.74 Å². The SMILES string of the molecule is C=CCn1cnnc1SCC(=O)NCc1ccc(OC(F)F)c(OC)c1. The molecule has 26 heavy (non-hydrogen) atoms. The molecule has 0 spiro atoms. The second-order valence-electron chi connectivity index (χ2n) is 4.98. The van der Waals surface area contributed by atoms with Gasteiger partial charge in [-0.15, -0.1) is 16.8 Å². The van der Waals surface area contributed by atoms with Crippen molar-refractivity contribution in [2.45, 2.75) is 24.9 Å². The zero-order valence-electron chi connectivity index (χ0n) is 14.0. The number of hydrogen-bond acceptors (Lipinski definition) is 6. The molecule has 2 aromatic rings. The van der Waals surface area contributed by atoms with Gasteiger partial charge in [-0.3, -0.25) is 4.79 Å². The van der Waals surface area contributed by atoms with Crippen LogP contribution in [0.5, 0.6) is 11.5 Å². The predicted molar refractivity (Wildman–Crippen MR) is 92.4 cm³/mol. The van der Waals surface area contributed by atoms with Crippen molar-refractivity contribution in [1.29, 1.82) is 0 Å². The zero-order valence-corrected chi connectivity index (χ0v) is 14.8. The fourth-order valence-electron chi connectivity index (χ4n) is 2.02. The summed E-state index contributed by atoms with van der Waals surface area (Å²) < 4.78 is 35.8. The number of carbonyl (C=O) groups excluding carboxylic acids is 1. The molecule has 0 aliphatic carbocycles. The lowest BCUT2D eigenvalue weighted by Crippen LogP contribution is -2.24. The number of carbonyl (C=O) groups is 1. The molecule has 10 heteroatoms. The lowest BCUT2D eigenvalue weighted by atomic mass is 10.2. The number of amides is 1. The average Bonchev–Trinajstić information content (AvgIpc) is 3.06. The van der Waals surface area contributed by atoms with Gasteiger partial charge in [-0.25, -0.2) is 0 Å². The molecule has 1 aromatic heterocycles. The first-order valence-corrected chi connectivity index (χ1v) is 8.52. The number of nitrogens with one attached hydrogen (secondary N) is 1. The van der Waals surface area contributed by atoms with Crippen LogP contribution >= 0.6 is 11.8 Å². The summed E-state index contributed by atoms with van der Waals surface area (Å²) >= 11 is 1.26. The van der Waals surface area contributed by atoms with Gasteiger partial charge in [0.2, 0.25) is 5.91 Å². The van der Waals surface area contributed by atoms with Gasteiger partial charge in [-0.2, -0.15) is 8.78 Å². The number of alkyl halides is 2. The molecular formula is C16H18F2N4O3S. The third kappa shape index (κ3) is 5.73. The maximum absolute atomic E-state index is 12.3. The van der Waals surface area contributed by atoms with Crippen molar-refractivity contribution >= 4 is 17.7 Å². The molecule has 1 N–H and O–H groups in total. The fourth-order valence-corrected chi connectivity index (χ4v) is 2.77. The Kier molecular flexibility index (Phi) is 7.39. The minimum Gasteiger partial charge on any atom is -0.493 e. The number of allylic oxidation sites excluding steroid dienone is 1. The number of ether oxygens (including phenoxy) is 2. The third-order valence-corrected chi connectivity index (χ3v) is 4.15. The van der Waals surface area contributed by atoms with E-state index in [0.717, 1.165) is 0 Å². The van der Waals surface area contributed by atoms with Gasteiger partial charge >= 0.3 is 6.61 Å². The van der Waals surface area contributed by atoms with Gasteiger partial charge in [0.15, 0.2) is 16.7 Å². The first-order chi connectivity index (χ1) is 12.5. The highest BCUT2D eigenvalue weighted by Crippen LogP contribution is 2.29. The van der Waals surface area contributed by atoms with Crippen molar-refractivity contribution in [2.75, 3.05) is 12.9 Å². The standard InChI is InChI=1S/C16H18F2N4O3S/c1-3-6-22-10-20-21-16(22)26-9-14(23)19-8-11-4-5-12(25-15(17)18)13(7-11)24-2/h3-5,7,10,15H,1,6,8-9H2,2H3,(H,19,23). The summed E-state index contributed by atoms with van der Waals surface area (Å²) in [5, 5.41) is 11.1. The molecule has 0 aliphatic heterocycles. The van der Waals surface area contributed by atoms with Gasteiger partial charge in [-0.1, -0.05) is 23.9 Å². The Morgan fingerprint density at radius 1 is 1.46 bits per heavy atom. The first-order valence-electron chi connectivity index (χ1n) is 7.53. The summed E-state index contributed by atoms with van der Waals surface area (Å²) in [6, 6.07) is 4.49. The normalized spacial score (nSPS) is 10.6. The lowest BCUT2D eigenvalue weighted by molar-refractivity contribution is -0.118. The van der Waals surface area contributed by atoms with Crippen molar-refractivity contribution in [3.63, 3.8) is 0 Å². The predicted octanol–water partition coefficient (Wildman–Crippen LogP) is 2.48. The maximum Gasteiger partial charge on any atom is 0.387 e. The summed E-state index contributed by atoms with van der Waals surface area (Å²) in [5.74, 6) is 0.0770. The molecule has 0 bridgehead atoms. The smallest absolute Gasteiger partial charge is 0.387 e. The highest BCUT2D eigenvalue weighted by molar-refractivity contribution is 7.99. The van der Waals surface area contributed by atoms with Gasteiger partial charge in [0.25, 0.3) is 0 Å². The molecule has 2 rings (SSSR count). The molecule has 1 amide bonds. The Labute approximate surface area is 153 Å². The van der Waals surface area contributed by atoms with E-state index >= 15 is 0 Å². The van der Waals surface area contributed by atoms with E-state index in [9.17, 15) is 13.6 Å². The monoisotopic (exact) mass is 384 g/mol. The molecule has 0 aliphatic rings. The van der Waals surface area contributed by atoms with Crippen LogP contribution in [0.25, 0.3) is 0 Å². The molecule has 0 saturated carbocycles. The van der Waals surface area contributed by atoms with Crippen LogP contribution in [0.2, 0.25) is 0 Å². The summed E-state index contributed by atoms with van der Waals surface area (Å²) in [6.45, 7) is 1.50. The van der Waals surface area contributed by atoms with E-state index in [1.165, 1.54) is 31.0 Å². The Bertz CT molecular complexity index is 755. The van der Waals surface area contributed by atoms with Crippen molar-refractivity contribution in [1.82, 2.24) is 20.1 Å². The first kappa shape index (κ1) is 19.7. The van der Waals surface area contributed by atoms with Crippen LogP contribution in [-0.4, -0.2) is 40.1 Å². The van der Waals surface area contributed by atoms with Crippen LogP contribution < -0.4 is 14.8 Å². The van der Waals surface area contributed by atoms with Crippen molar-refractivity contribution in [3.8, 4) is 11.5 Å². The average molecular weight is 384 g/mol. The van der Waals surface area contributed by atoms with Crippen LogP contribution in [-0.2, 0) is 17.9 Å².